The average molecular weight is 352 g/mol. The maximum Gasteiger partial charge on any atom is 0.251 e. The number of rotatable bonds is 12. The molecule has 0 atom stereocenters. The van der Waals surface area contributed by atoms with E-state index in [-0.39, 0.29) is 5.91 Å². The van der Waals surface area contributed by atoms with Gasteiger partial charge in [-0.3, -0.25) is 4.79 Å². The molecular weight excluding hydrogens is 320 g/mol. The van der Waals surface area contributed by atoms with Gasteiger partial charge in [-0.15, -0.1) is 0 Å². The average Bonchev–Trinajstić information content (AvgIpc) is 2.61. The smallest absolute Gasteiger partial charge is 0.251 e. The van der Waals surface area contributed by atoms with Gasteiger partial charge in [-0.2, -0.15) is 0 Å². The second kappa shape index (κ2) is 11.6. The van der Waals surface area contributed by atoms with E-state index in [9.17, 15) is 4.79 Å². The summed E-state index contributed by atoms with van der Waals surface area (Å²) in [5.74, 6) is 1.47. The Labute approximate surface area is 151 Å². The predicted molar refractivity (Wildman–Crippen MR) is 100 cm³/mol. The van der Waals surface area contributed by atoms with Crippen molar-refractivity contribution in [2.75, 3.05) is 46.0 Å². The Kier molecular flexibility index (Phi) is 9.77. The Morgan fingerprint density at radius 3 is 1.88 bits per heavy atom. The number of carbonyl (C=O) groups is 1. The first-order valence-electron chi connectivity index (χ1n) is 9.17. The first-order chi connectivity index (χ1) is 12.1. The van der Waals surface area contributed by atoms with E-state index in [1.54, 1.807) is 12.1 Å². The fraction of sp³-hybridized carbons (Fsp3) is 0.632. The minimum atomic E-state index is -0.142. The van der Waals surface area contributed by atoms with Crippen molar-refractivity contribution in [2.45, 2.75) is 34.6 Å². The van der Waals surface area contributed by atoms with Crippen molar-refractivity contribution in [3.63, 3.8) is 0 Å². The summed E-state index contributed by atoms with van der Waals surface area (Å²) >= 11 is 0. The molecule has 25 heavy (non-hydrogen) atoms. The summed E-state index contributed by atoms with van der Waals surface area (Å²) in [6.45, 7) is 14.7. The van der Waals surface area contributed by atoms with E-state index in [1.165, 1.54) is 0 Å². The Bertz CT molecular complexity index is 503. The SMILES string of the molecule is CCOc1cc(C(=O)NCCN(CC)CC)cc(OCC)c1OCC. The first kappa shape index (κ1) is 21.1. The lowest BCUT2D eigenvalue weighted by Crippen LogP contribution is -2.34. The van der Waals surface area contributed by atoms with Gasteiger partial charge in [0.05, 0.1) is 19.8 Å². The van der Waals surface area contributed by atoms with E-state index in [0.717, 1.165) is 19.6 Å². The molecule has 0 aliphatic heterocycles. The number of benzene rings is 1. The third kappa shape index (κ3) is 6.46. The zero-order valence-electron chi connectivity index (χ0n) is 16.2. The molecule has 0 bridgehead atoms. The second-order valence-electron chi connectivity index (χ2n) is 5.38. The zero-order valence-corrected chi connectivity index (χ0v) is 16.2. The van der Waals surface area contributed by atoms with E-state index in [2.05, 4.69) is 24.1 Å². The minimum absolute atomic E-state index is 0.142. The van der Waals surface area contributed by atoms with Gasteiger partial charge in [0.2, 0.25) is 5.75 Å². The molecular formula is C19H32N2O4. The lowest BCUT2D eigenvalue weighted by Gasteiger charge is -2.19. The first-order valence-corrected chi connectivity index (χ1v) is 9.17. The molecule has 1 aromatic carbocycles. The molecule has 1 aromatic rings. The molecule has 6 nitrogen and oxygen atoms in total. The molecule has 0 spiro atoms. The molecule has 1 amide bonds. The van der Waals surface area contributed by atoms with Gasteiger partial charge in [-0.25, -0.2) is 0 Å². The fourth-order valence-corrected chi connectivity index (χ4v) is 2.49. The normalized spacial score (nSPS) is 10.6. The van der Waals surface area contributed by atoms with Crippen LogP contribution in [-0.2, 0) is 0 Å². The predicted octanol–water partition coefficient (Wildman–Crippen LogP) is 2.95. The number of carbonyl (C=O) groups excluding carboxylic acids is 1. The Morgan fingerprint density at radius 1 is 0.920 bits per heavy atom. The van der Waals surface area contributed by atoms with E-state index in [0.29, 0.717) is 49.2 Å². The van der Waals surface area contributed by atoms with Gasteiger partial charge in [0, 0.05) is 18.7 Å². The van der Waals surface area contributed by atoms with Crippen LogP contribution in [0.5, 0.6) is 17.2 Å². The summed E-state index contributed by atoms with van der Waals surface area (Å²) < 4.78 is 17.0. The molecule has 0 saturated heterocycles. The summed E-state index contributed by atoms with van der Waals surface area (Å²) in [5.41, 5.74) is 0.509. The van der Waals surface area contributed by atoms with Crippen LogP contribution in [-0.4, -0.2) is 56.8 Å². The number of hydrogen-bond donors (Lipinski definition) is 1. The van der Waals surface area contributed by atoms with Crippen LogP contribution < -0.4 is 19.5 Å². The van der Waals surface area contributed by atoms with Gasteiger partial charge in [-0.1, -0.05) is 13.8 Å². The highest BCUT2D eigenvalue weighted by Crippen LogP contribution is 2.39. The number of ether oxygens (including phenoxy) is 3. The van der Waals surface area contributed by atoms with E-state index < -0.39 is 0 Å². The largest absolute Gasteiger partial charge is 0.490 e. The number of nitrogens with one attached hydrogen (secondary N) is 1. The van der Waals surface area contributed by atoms with E-state index in [1.807, 2.05) is 20.8 Å². The van der Waals surface area contributed by atoms with Crippen LogP contribution in [0, 0.1) is 0 Å². The second-order valence-corrected chi connectivity index (χ2v) is 5.38. The van der Waals surface area contributed by atoms with E-state index in [4.69, 9.17) is 14.2 Å². The molecule has 1 N–H and O–H groups in total. The van der Waals surface area contributed by atoms with E-state index >= 15 is 0 Å². The molecule has 0 aliphatic rings. The molecule has 0 radical (unpaired) electrons. The molecule has 0 aliphatic carbocycles. The van der Waals surface area contributed by atoms with Crippen LogP contribution in [0.4, 0.5) is 0 Å². The Balaban J connectivity index is 2.95. The van der Waals surface area contributed by atoms with Crippen molar-refractivity contribution in [1.29, 1.82) is 0 Å². The highest BCUT2D eigenvalue weighted by molar-refractivity contribution is 5.95. The molecule has 1 rings (SSSR count). The van der Waals surface area contributed by atoms with Crippen molar-refractivity contribution in [2.24, 2.45) is 0 Å². The highest BCUT2D eigenvalue weighted by Gasteiger charge is 2.18. The van der Waals surface area contributed by atoms with Gasteiger partial charge < -0.3 is 24.4 Å². The quantitative estimate of drug-likeness (QED) is 0.627. The number of nitrogens with zero attached hydrogens (tertiary/aromatic N) is 1. The summed E-state index contributed by atoms with van der Waals surface area (Å²) in [5, 5.41) is 2.96. The van der Waals surface area contributed by atoms with Gasteiger partial charge in [0.1, 0.15) is 0 Å². The molecule has 0 saturated carbocycles. The van der Waals surface area contributed by atoms with Gasteiger partial charge in [-0.05, 0) is 46.0 Å². The number of likely N-dealkylation sites (N-methyl/N-ethyl adjacent to an activating group) is 1. The third-order valence-corrected chi connectivity index (χ3v) is 3.78. The van der Waals surface area contributed by atoms with Crippen LogP contribution in [0.3, 0.4) is 0 Å². The van der Waals surface area contributed by atoms with Crippen LogP contribution in [0.2, 0.25) is 0 Å². The third-order valence-electron chi connectivity index (χ3n) is 3.78. The zero-order chi connectivity index (χ0) is 18.7. The Morgan fingerprint density at radius 2 is 1.44 bits per heavy atom. The van der Waals surface area contributed by atoms with Gasteiger partial charge in [0.25, 0.3) is 5.91 Å². The van der Waals surface area contributed by atoms with Crippen LogP contribution in [0.1, 0.15) is 45.0 Å². The minimum Gasteiger partial charge on any atom is -0.490 e. The molecule has 6 heteroatoms. The summed E-state index contributed by atoms with van der Waals surface area (Å²) in [4.78, 5) is 14.8. The maximum absolute atomic E-state index is 12.5. The number of amides is 1. The van der Waals surface area contributed by atoms with Gasteiger partial charge in [0.15, 0.2) is 11.5 Å². The summed E-state index contributed by atoms with van der Waals surface area (Å²) in [7, 11) is 0. The molecule has 0 heterocycles. The van der Waals surface area contributed by atoms with Crippen molar-refractivity contribution in [1.82, 2.24) is 10.2 Å². The van der Waals surface area contributed by atoms with Gasteiger partial charge >= 0.3 is 0 Å². The molecule has 0 aromatic heterocycles. The van der Waals surface area contributed by atoms with Crippen molar-refractivity contribution in [3.8, 4) is 17.2 Å². The topological polar surface area (TPSA) is 60.0 Å². The molecule has 0 fully saturated rings. The Hall–Kier alpha value is -1.95. The summed E-state index contributed by atoms with van der Waals surface area (Å²) in [6, 6.07) is 3.42. The maximum atomic E-state index is 12.5. The lowest BCUT2D eigenvalue weighted by molar-refractivity contribution is 0.0947. The monoisotopic (exact) mass is 352 g/mol. The van der Waals surface area contributed by atoms with Crippen molar-refractivity contribution < 1.29 is 19.0 Å². The summed E-state index contributed by atoms with van der Waals surface area (Å²) in [6.07, 6.45) is 0. The number of hydrogen-bond acceptors (Lipinski definition) is 5. The van der Waals surface area contributed by atoms with Crippen LogP contribution in [0.15, 0.2) is 12.1 Å². The fourth-order valence-electron chi connectivity index (χ4n) is 2.49. The lowest BCUT2D eigenvalue weighted by atomic mass is 10.1. The van der Waals surface area contributed by atoms with Crippen LogP contribution >= 0.6 is 0 Å². The standard InChI is InChI=1S/C19H32N2O4/c1-6-21(7-2)12-11-20-19(22)15-13-16(23-8-3)18(25-10-5)17(14-15)24-9-4/h13-14H,6-12H2,1-5H3,(H,20,22). The van der Waals surface area contributed by atoms with Crippen molar-refractivity contribution in [3.05, 3.63) is 17.7 Å². The highest BCUT2D eigenvalue weighted by atomic mass is 16.5. The molecule has 142 valence electrons. The van der Waals surface area contributed by atoms with Crippen molar-refractivity contribution >= 4 is 5.91 Å². The molecule has 0 unspecified atom stereocenters. The van der Waals surface area contributed by atoms with Crippen LogP contribution in [0.25, 0.3) is 0 Å².